The summed E-state index contributed by atoms with van der Waals surface area (Å²) in [6.07, 6.45) is 0.449. The highest BCUT2D eigenvalue weighted by atomic mass is 19.1. The number of nitrogens with zero attached hydrogens (tertiary/aromatic N) is 1. The molecular formula is C12H16FN3O. The topological polar surface area (TPSA) is 72.4 Å². The van der Waals surface area contributed by atoms with Crippen LogP contribution in [-0.2, 0) is 11.3 Å². The van der Waals surface area contributed by atoms with Gasteiger partial charge in [-0.2, -0.15) is 0 Å². The molecule has 1 atom stereocenters. The van der Waals surface area contributed by atoms with Crippen LogP contribution in [0.3, 0.4) is 0 Å². The number of likely N-dealkylation sites (tertiary alicyclic amines) is 1. The molecule has 1 aliphatic rings. The van der Waals surface area contributed by atoms with Crippen molar-refractivity contribution < 1.29 is 9.18 Å². The fourth-order valence-corrected chi connectivity index (χ4v) is 2.10. The number of nitrogen functional groups attached to an aromatic ring is 1. The Kier molecular flexibility index (Phi) is 3.28. The van der Waals surface area contributed by atoms with Gasteiger partial charge in [-0.15, -0.1) is 0 Å². The number of amides is 1. The third kappa shape index (κ3) is 2.39. The number of carbonyl (C=O) groups is 1. The number of hydrogen-bond donors (Lipinski definition) is 2. The van der Waals surface area contributed by atoms with Crippen molar-refractivity contribution in [2.24, 2.45) is 11.7 Å². The van der Waals surface area contributed by atoms with Crippen molar-refractivity contribution in [2.75, 3.05) is 18.8 Å². The van der Waals surface area contributed by atoms with Crippen LogP contribution >= 0.6 is 0 Å². The third-order valence-electron chi connectivity index (χ3n) is 3.13. The summed E-state index contributed by atoms with van der Waals surface area (Å²) in [5.41, 5.74) is 12.0. The molecule has 0 saturated carbocycles. The standard InChI is InChI=1S/C12H16FN3O/c13-10-2-1-3-11(15)9(10)7-16-6-8(5-14)4-12(16)17/h1-3,8H,4-7,14-15H2. The van der Waals surface area contributed by atoms with E-state index < -0.39 is 0 Å². The van der Waals surface area contributed by atoms with Gasteiger partial charge in [0.05, 0.1) is 6.54 Å². The first-order valence-corrected chi connectivity index (χ1v) is 5.62. The van der Waals surface area contributed by atoms with Crippen LogP contribution < -0.4 is 11.5 Å². The maximum Gasteiger partial charge on any atom is 0.223 e. The molecule has 4 nitrogen and oxygen atoms in total. The maximum absolute atomic E-state index is 13.6. The van der Waals surface area contributed by atoms with Crippen LogP contribution in [0, 0.1) is 11.7 Å². The van der Waals surface area contributed by atoms with Crippen molar-refractivity contribution in [3.05, 3.63) is 29.6 Å². The van der Waals surface area contributed by atoms with E-state index in [1.165, 1.54) is 6.07 Å². The Labute approximate surface area is 99.4 Å². The predicted octanol–water partition coefficient (Wildman–Crippen LogP) is 0.715. The van der Waals surface area contributed by atoms with E-state index in [0.29, 0.717) is 30.8 Å². The molecule has 0 bridgehead atoms. The Balaban J connectivity index is 2.14. The van der Waals surface area contributed by atoms with Crippen LogP contribution in [0.2, 0.25) is 0 Å². The molecule has 0 aliphatic carbocycles. The van der Waals surface area contributed by atoms with Crippen LogP contribution in [0.5, 0.6) is 0 Å². The van der Waals surface area contributed by atoms with E-state index in [1.807, 2.05) is 0 Å². The normalized spacial score (nSPS) is 20.0. The molecule has 1 unspecified atom stereocenters. The van der Waals surface area contributed by atoms with Crippen LogP contribution in [-0.4, -0.2) is 23.9 Å². The minimum absolute atomic E-state index is 0.0168. The van der Waals surface area contributed by atoms with Gasteiger partial charge in [-0.05, 0) is 24.6 Å². The zero-order valence-corrected chi connectivity index (χ0v) is 9.53. The molecule has 4 N–H and O–H groups in total. The van der Waals surface area contributed by atoms with Crippen molar-refractivity contribution >= 4 is 11.6 Å². The molecule has 1 heterocycles. The molecule has 92 valence electrons. The zero-order valence-electron chi connectivity index (χ0n) is 9.53. The van der Waals surface area contributed by atoms with Crippen LogP contribution in [0.4, 0.5) is 10.1 Å². The summed E-state index contributed by atoms with van der Waals surface area (Å²) < 4.78 is 13.6. The number of nitrogens with two attached hydrogens (primary N) is 2. The SMILES string of the molecule is NCC1CC(=O)N(Cc2c(N)cccc2F)C1. The fraction of sp³-hybridized carbons (Fsp3) is 0.417. The lowest BCUT2D eigenvalue weighted by molar-refractivity contribution is -0.128. The summed E-state index contributed by atoms with van der Waals surface area (Å²) in [7, 11) is 0. The first-order chi connectivity index (χ1) is 8.11. The predicted molar refractivity (Wildman–Crippen MR) is 63.4 cm³/mol. The average molecular weight is 237 g/mol. The van der Waals surface area contributed by atoms with E-state index in [-0.39, 0.29) is 24.2 Å². The third-order valence-corrected chi connectivity index (χ3v) is 3.13. The largest absolute Gasteiger partial charge is 0.398 e. The lowest BCUT2D eigenvalue weighted by atomic mass is 10.1. The average Bonchev–Trinajstić information content (AvgIpc) is 2.65. The van der Waals surface area contributed by atoms with E-state index in [4.69, 9.17) is 11.5 Å². The highest BCUT2D eigenvalue weighted by Gasteiger charge is 2.29. The molecule has 1 aromatic carbocycles. The van der Waals surface area contributed by atoms with E-state index in [1.54, 1.807) is 17.0 Å². The van der Waals surface area contributed by atoms with Crippen molar-refractivity contribution in [3.63, 3.8) is 0 Å². The summed E-state index contributed by atoms with van der Waals surface area (Å²) in [5.74, 6) is -0.174. The fourth-order valence-electron chi connectivity index (χ4n) is 2.10. The molecule has 1 saturated heterocycles. The van der Waals surface area contributed by atoms with Gasteiger partial charge < -0.3 is 16.4 Å². The molecule has 1 amide bonds. The Morgan fingerprint density at radius 1 is 1.47 bits per heavy atom. The molecule has 1 aliphatic heterocycles. The lowest BCUT2D eigenvalue weighted by Gasteiger charge is -2.18. The number of rotatable bonds is 3. The lowest BCUT2D eigenvalue weighted by Crippen LogP contribution is -2.26. The van der Waals surface area contributed by atoms with Gasteiger partial charge in [-0.3, -0.25) is 4.79 Å². The van der Waals surface area contributed by atoms with E-state index in [9.17, 15) is 9.18 Å². The molecule has 0 spiro atoms. The van der Waals surface area contributed by atoms with Gasteiger partial charge in [0.2, 0.25) is 5.91 Å². The Bertz CT molecular complexity index is 416. The van der Waals surface area contributed by atoms with Crippen LogP contribution in [0.1, 0.15) is 12.0 Å². The number of anilines is 1. The minimum Gasteiger partial charge on any atom is -0.398 e. The van der Waals surface area contributed by atoms with Gasteiger partial charge >= 0.3 is 0 Å². The van der Waals surface area contributed by atoms with E-state index >= 15 is 0 Å². The summed E-state index contributed by atoms with van der Waals surface area (Å²) in [6.45, 7) is 1.30. The van der Waals surface area contributed by atoms with Gasteiger partial charge in [0.15, 0.2) is 0 Å². The number of benzene rings is 1. The van der Waals surface area contributed by atoms with Gasteiger partial charge in [0.1, 0.15) is 5.82 Å². The van der Waals surface area contributed by atoms with Gasteiger partial charge in [-0.25, -0.2) is 4.39 Å². The highest BCUT2D eigenvalue weighted by Crippen LogP contribution is 2.23. The summed E-state index contributed by atoms with van der Waals surface area (Å²) in [6, 6.07) is 4.55. The van der Waals surface area contributed by atoms with Gasteiger partial charge in [0.25, 0.3) is 0 Å². The van der Waals surface area contributed by atoms with Gasteiger partial charge in [-0.1, -0.05) is 6.07 Å². The molecule has 17 heavy (non-hydrogen) atoms. The number of carbonyl (C=O) groups excluding carboxylic acids is 1. The molecule has 0 radical (unpaired) electrons. The molecule has 1 fully saturated rings. The Morgan fingerprint density at radius 2 is 2.24 bits per heavy atom. The first kappa shape index (κ1) is 11.9. The molecule has 1 aromatic rings. The van der Waals surface area contributed by atoms with Crippen molar-refractivity contribution in [3.8, 4) is 0 Å². The van der Waals surface area contributed by atoms with Crippen LogP contribution in [0.15, 0.2) is 18.2 Å². The highest BCUT2D eigenvalue weighted by molar-refractivity contribution is 5.78. The van der Waals surface area contributed by atoms with Crippen molar-refractivity contribution in [1.82, 2.24) is 4.90 Å². The summed E-state index contributed by atoms with van der Waals surface area (Å²) >= 11 is 0. The summed E-state index contributed by atoms with van der Waals surface area (Å²) in [5, 5.41) is 0. The number of hydrogen-bond acceptors (Lipinski definition) is 3. The molecular weight excluding hydrogens is 221 g/mol. The Morgan fingerprint density at radius 3 is 2.82 bits per heavy atom. The zero-order chi connectivity index (χ0) is 12.4. The van der Waals surface area contributed by atoms with E-state index in [0.717, 1.165) is 0 Å². The second-order valence-corrected chi connectivity index (χ2v) is 4.39. The summed E-state index contributed by atoms with van der Waals surface area (Å²) in [4.78, 5) is 13.3. The molecule has 5 heteroatoms. The second kappa shape index (κ2) is 4.71. The number of halogens is 1. The maximum atomic E-state index is 13.6. The van der Waals surface area contributed by atoms with Gasteiger partial charge in [0, 0.05) is 24.2 Å². The van der Waals surface area contributed by atoms with E-state index in [2.05, 4.69) is 0 Å². The quantitative estimate of drug-likeness (QED) is 0.761. The molecule has 0 aromatic heterocycles. The molecule has 2 rings (SSSR count). The monoisotopic (exact) mass is 237 g/mol. The minimum atomic E-state index is -0.367. The first-order valence-electron chi connectivity index (χ1n) is 5.62. The van der Waals surface area contributed by atoms with Crippen molar-refractivity contribution in [2.45, 2.75) is 13.0 Å². The second-order valence-electron chi connectivity index (χ2n) is 4.39. The smallest absolute Gasteiger partial charge is 0.223 e. The Hall–Kier alpha value is -1.62. The van der Waals surface area contributed by atoms with Crippen LogP contribution in [0.25, 0.3) is 0 Å². The van der Waals surface area contributed by atoms with Crippen molar-refractivity contribution in [1.29, 1.82) is 0 Å².